The van der Waals surface area contributed by atoms with Crippen molar-refractivity contribution >= 4 is 5.96 Å². The smallest absolute Gasteiger partial charge is 0.218 e. The van der Waals surface area contributed by atoms with Crippen LogP contribution < -0.4 is 15.4 Å². The van der Waals surface area contributed by atoms with E-state index in [4.69, 9.17) is 4.74 Å². The minimum absolute atomic E-state index is 0.610. The Bertz CT molecular complexity index is 645. The molecule has 0 aromatic carbocycles. The molecule has 2 N–H and O–H groups in total. The highest BCUT2D eigenvalue weighted by molar-refractivity contribution is 5.79. The lowest BCUT2D eigenvalue weighted by atomic mass is 10.2. The number of pyridine rings is 2. The number of nitrogens with zero attached hydrogens (tertiary/aromatic N) is 3. The summed E-state index contributed by atoms with van der Waals surface area (Å²) in [5.74, 6) is 1.44. The average Bonchev–Trinajstić information content (AvgIpc) is 2.66. The quantitative estimate of drug-likeness (QED) is 0.417. The third-order valence-electron chi connectivity index (χ3n) is 3.66. The van der Waals surface area contributed by atoms with E-state index in [0.717, 1.165) is 43.0 Å². The Morgan fingerprint density at radius 3 is 2.76 bits per heavy atom. The lowest BCUT2D eigenvalue weighted by Crippen LogP contribution is -2.38. The molecule has 2 aromatic rings. The molecular formula is C19H27N5O. The summed E-state index contributed by atoms with van der Waals surface area (Å²) in [7, 11) is 1.76. The van der Waals surface area contributed by atoms with E-state index in [-0.39, 0.29) is 0 Å². The normalized spacial score (nSPS) is 11.2. The van der Waals surface area contributed by atoms with Crippen molar-refractivity contribution in [2.24, 2.45) is 4.99 Å². The Morgan fingerprint density at radius 2 is 2.00 bits per heavy atom. The van der Waals surface area contributed by atoms with Gasteiger partial charge in [0.05, 0.1) is 6.61 Å². The second-order valence-electron chi connectivity index (χ2n) is 5.59. The second-order valence-corrected chi connectivity index (χ2v) is 5.59. The van der Waals surface area contributed by atoms with Gasteiger partial charge >= 0.3 is 0 Å². The van der Waals surface area contributed by atoms with Crippen molar-refractivity contribution in [2.45, 2.75) is 32.7 Å². The van der Waals surface area contributed by atoms with Crippen LogP contribution in [0.15, 0.2) is 47.7 Å². The summed E-state index contributed by atoms with van der Waals surface area (Å²) in [4.78, 5) is 12.9. The van der Waals surface area contributed by atoms with Gasteiger partial charge in [-0.1, -0.05) is 25.5 Å². The van der Waals surface area contributed by atoms with Gasteiger partial charge in [-0.2, -0.15) is 0 Å². The van der Waals surface area contributed by atoms with Gasteiger partial charge in [0.1, 0.15) is 0 Å². The summed E-state index contributed by atoms with van der Waals surface area (Å²) >= 11 is 0. The van der Waals surface area contributed by atoms with Gasteiger partial charge in [-0.05, 0) is 24.6 Å². The van der Waals surface area contributed by atoms with E-state index in [9.17, 15) is 0 Å². The first-order chi connectivity index (χ1) is 12.3. The topological polar surface area (TPSA) is 71.4 Å². The summed E-state index contributed by atoms with van der Waals surface area (Å²) < 4.78 is 5.76. The minimum Gasteiger partial charge on any atom is -0.477 e. The van der Waals surface area contributed by atoms with E-state index in [0.29, 0.717) is 19.0 Å². The first kappa shape index (κ1) is 18.7. The Labute approximate surface area is 149 Å². The number of unbranched alkanes of at least 4 members (excludes halogenated alkanes) is 1. The molecule has 0 aliphatic rings. The summed E-state index contributed by atoms with van der Waals surface area (Å²) in [5, 5.41) is 6.60. The Hall–Kier alpha value is -2.63. The number of hydrogen-bond donors (Lipinski definition) is 2. The van der Waals surface area contributed by atoms with Gasteiger partial charge in [-0.3, -0.25) is 9.98 Å². The molecule has 134 valence electrons. The molecule has 6 nitrogen and oxygen atoms in total. The van der Waals surface area contributed by atoms with Crippen molar-refractivity contribution < 1.29 is 4.74 Å². The van der Waals surface area contributed by atoms with E-state index < -0.39 is 0 Å². The zero-order valence-corrected chi connectivity index (χ0v) is 15.0. The maximum atomic E-state index is 5.76. The first-order valence-electron chi connectivity index (χ1n) is 8.74. The number of rotatable bonds is 9. The zero-order valence-electron chi connectivity index (χ0n) is 15.0. The van der Waals surface area contributed by atoms with Crippen molar-refractivity contribution in [2.75, 3.05) is 20.2 Å². The zero-order chi connectivity index (χ0) is 17.7. The molecule has 2 aromatic heterocycles. The summed E-state index contributed by atoms with van der Waals surface area (Å²) in [5.41, 5.74) is 2.08. The standard InChI is InChI=1S/C19H27N5O/c1-3-4-14-25-18-16(8-7-12-22-18)15-24-19(20-2)23-13-10-17-9-5-6-11-21-17/h5-9,11-12H,3-4,10,13-15H2,1-2H3,(H2,20,23,24). The average molecular weight is 341 g/mol. The number of guanidine groups is 1. The maximum Gasteiger partial charge on any atom is 0.218 e. The lowest BCUT2D eigenvalue weighted by Gasteiger charge is -2.14. The maximum absolute atomic E-state index is 5.76. The van der Waals surface area contributed by atoms with E-state index in [1.807, 2.05) is 36.5 Å². The molecule has 0 saturated carbocycles. The van der Waals surface area contributed by atoms with Crippen molar-refractivity contribution in [3.05, 3.63) is 54.0 Å². The van der Waals surface area contributed by atoms with Gasteiger partial charge in [0.15, 0.2) is 5.96 Å². The molecule has 6 heteroatoms. The van der Waals surface area contributed by atoms with E-state index >= 15 is 0 Å². The van der Waals surface area contributed by atoms with Gasteiger partial charge in [-0.15, -0.1) is 0 Å². The number of hydrogen-bond acceptors (Lipinski definition) is 4. The fourth-order valence-corrected chi connectivity index (χ4v) is 2.26. The summed E-state index contributed by atoms with van der Waals surface area (Å²) in [6, 6.07) is 9.88. The molecule has 0 radical (unpaired) electrons. The summed E-state index contributed by atoms with van der Waals surface area (Å²) in [6.45, 7) is 4.21. The molecule has 0 fully saturated rings. The molecule has 0 aliphatic carbocycles. The lowest BCUT2D eigenvalue weighted by molar-refractivity contribution is 0.294. The van der Waals surface area contributed by atoms with Gasteiger partial charge in [0.25, 0.3) is 0 Å². The summed E-state index contributed by atoms with van der Waals surface area (Å²) in [6.07, 6.45) is 6.54. The van der Waals surface area contributed by atoms with E-state index in [1.165, 1.54) is 0 Å². The van der Waals surface area contributed by atoms with Crippen molar-refractivity contribution in [3.8, 4) is 5.88 Å². The molecule has 0 spiro atoms. The molecule has 0 amide bonds. The van der Waals surface area contributed by atoms with Crippen LogP contribution in [-0.2, 0) is 13.0 Å². The number of aromatic nitrogens is 2. The molecule has 0 atom stereocenters. The SMILES string of the molecule is CCCCOc1ncccc1CNC(=NC)NCCc1ccccn1. The highest BCUT2D eigenvalue weighted by Crippen LogP contribution is 2.14. The van der Waals surface area contributed by atoms with Crippen LogP contribution in [0.2, 0.25) is 0 Å². The van der Waals surface area contributed by atoms with Gasteiger partial charge in [0, 0.05) is 50.2 Å². The number of ether oxygens (including phenoxy) is 1. The fourth-order valence-electron chi connectivity index (χ4n) is 2.26. The van der Waals surface area contributed by atoms with Crippen LogP contribution in [0, 0.1) is 0 Å². The number of aliphatic imine (C=N–C) groups is 1. The molecule has 0 bridgehead atoms. The highest BCUT2D eigenvalue weighted by atomic mass is 16.5. The Morgan fingerprint density at radius 1 is 1.12 bits per heavy atom. The first-order valence-corrected chi connectivity index (χ1v) is 8.74. The molecule has 25 heavy (non-hydrogen) atoms. The van der Waals surface area contributed by atoms with Crippen LogP contribution in [-0.4, -0.2) is 36.1 Å². The van der Waals surface area contributed by atoms with E-state index in [2.05, 4.69) is 32.5 Å². The molecular weight excluding hydrogens is 314 g/mol. The molecule has 2 heterocycles. The van der Waals surface area contributed by atoms with Crippen LogP contribution in [0.25, 0.3) is 0 Å². The third kappa shape index (κ3) is 6.79. The second kappa shape index (κ2) is 11.0. The van der Waals surface area contributed by atoms with E-state index in [1.54, 1.807) is 13.2 Å². The predicted molar refractivity (Wildman–Crippen MR) is 101 cm³/mol. The fraction of sp³-hybridized carbons (Fsp3) is 0.421. The molecule has 0 aliphatic heterocycles. The van der Waals surface area contributed by atoms with Crippen LogP contribution in [0.1, 0.15) is 31.0 Å². The predicted octanol–water partition coefficient (Wildman–Crippen LogP) is 2.56. The molecule has 0 unspecified atom stereocenters. The highest BCUT2D eigenvalue weighted by Gasteiger charge is 2.06. The molecule has 0 saturated heterocycles. The minimum atomic E-state index is 0.610. The van der Waals surface area contributed by atoms with Crippen LogP contribution >= 0.6 is 0 Å². The Kier molecular flexibility index (Phi) is 8.24. The largest absolute Gasteiger partial charge is 0.477 e. The van der Waals surface area contributed by atoms with Gasteiger partial charge in [0.2, 0.25) is 5.88 Å². The Balaban J connectivity index is 1.80. The molecule has 2 rings (SSSR count). The van der Waals surface area contributed by atoms with Gasteiger partial charge < -0.3 is 15.4 Å². The van der Waals surface area contributed by atoms with Crippen LogP contribution in [0.3, 0.4) is 0 Å². The van der Waals surface area contributed by atoms with Crippen LogP contribution in [0.4, 0.5) is 0 Å². The third-order valence-corrected chi connectivity index (χ3v) is 3.66. The van der Waals surface area contributed by atoms with Crippen molar-refractivity contribution in [1.82, 2.24) is 20.6 Å². The van der Waals surface area contributed by atoms with Gasteiger partial charge in [-0.25, -0.2) is 4.98 Å². The monoisotopic (exact) mass is 341 g/mol. The van der Waals surface area contributed by atoms with Crippen molar-refractivity contribution in [3.63, 3.8) is 0 Å². The van der Waals surface area contributed by atoms with Crippen molar-refractivity contribution in [1.29, 1.82) is 0 Å². The number of nitrogens with one attached hydrogen (secondary N) is 2. The van der Waals surface area contributed by atoms with Crippen LogP contribution in [0.5, 0.6) is 5.88 Å².